The number of benzene rings is 2. The van der Waals surface area contributed by atoms with Crippen molar-refractivity contribution in [2.75, 3.05) is 18.7 Å². The van der Waals surface area contributed by atoms with Crippen molar-refractivity contribution >= 4 is 23.0 Å². The molecule has 0 spiro atoms. The fourth-order valence-corrected chi connectivity index (χ4v) is 2.56. The van der Waals surface area contributed by atoms with Crippen molar-refractivity contribution in [3.63, 3.8) is 0 Å². The van der Waals surface area contributed by atoms with E-state index in [1.165, 1.54) is 6.92 Å². The quantitative estimate of drug-likeness (QED) is 0.880. The van der Waals surface area contributed by atoms with E-state index < -0.39 is 0 Å². The molecule has 1 heterocycles. The Morgan fingerprint density at radius 2 is 2.00 bits per heavy atom. The number of carbonyl (C=O) groups excluding carboxylic acids is 1. The molecule has 0 saturated carbocycles. The smallest absolute Gasteiger partial charge is 0.163 e. The topological polar surface area (TPSA) is 53.9 Å². The van der Waals surface area contributed by atoms with Crippen LogP contribution in [0.15, 0.2) is 53.5 Å². The average molecular weight is 309 g/mol. The zero-order valence-electron chi connectivity index (χ0n) is 13.2. The van der Waals surface area contributed by atoms with Crippen LogP contribution in [0, 0.1) is 0 Å². The summed E-state index contributed by atoms with van der Waals surface area (Å²) in [6.45, 7) is 2.39. The summed E-state index contributed by atoms with van der Waals surface area (Å²) in [5.41, 5.74) is 5.70. The molecular formula is C18H19N3O2. The molecule has 1 aliphatic rings. The molecule has 2 aromatic carbocycles. The molecule has 0 unspecified atom stereocenters. The number of hydrogen-bond donors (Lipinski definition) is 1. The van der Waals surface area contributed by atoms with Crippen molar-refractivity contribution < 1.29 is 9.53 Å². The Hall–Kier alpha value is -2.82. The van der Waals surface area contributed by atoms with Crippen LogP contribution in [0.4, 0.5) is 11.4 Å². The van der Waals surface area contributed by atoms with Gasteiger partial charge in [0.2, 0.25) is 0 Å². The second kappa shape index (κ2) is 6.52. The second-order valence-electron chi connectivity index (χ2n) is 5.35. The molecule has 0 bridgehead atoms. The Labute approximate surface area is 135 Å². The van der Waals surface area contributed by atoms with Gasteiger partial charge in [0.05, 0.1) is 24.0 Å². The first kappa shape index (κ1) is 15.1. The van der Waals surface area contributed by atoms with Crippen molar-refractivity contribution in [3.05, 3.63) is 54.1 Å². The number of anilines is 1. The molecule has 0 aliphatic carbocycles. The van der Waals surface area contributed by atoms with Gasteiger partial charge in [0, 0.05) is 13.0 Å². The summed E-state index contributed by atoms with van der Waals surface area (Å²) >= 11 is 0. The molecule has 2 aromatic rings. The third-order valence-electron chi connectivity index (χ3n) is 3.73. The number of para-hydroxylation sites is 1. The van der Waals surface area contributed by atoms with E-state index in [1.54, 1.807) is 19.2 Å². The minimum atomic E-state index is -0.0332. The number of amidine groups is 1. The van der Waals surface area contributed by atoms with Gasteiger partial charge in [-0.05, 0) is 37.3 Å². The molecule has 1 saturated heterocycles. The maximum atomic E-state index is 11.7. The molecule has 0 amide bonds. The number of ketones is 1. The first-order valence-electron chi connectivity index (χ1n) is 7.53. The molecule has 0 atom stereocenters. The summed E-state index contributed by atoms with van der Waals surface area (Å²) in [6.07, 6.45) is 0.830. The Kier molecular flexibility index (Phi) is 4.28. The van der Waals surface area contributed by atoms with E-state index in [9.17, 15) is 4.79 Å². The van der Waals surface area contributed by atoms with E-state index in [0.29, 0.717) is 11.3 Å². The number of rotatable bonds is 4. The average Bonchev–Trinajstić information content (AvgIpc) is 3.04. The highest BCUT2D eigenvalue weighted by Crippen LogP contribution is 2.25. The number of Topliss-reactive ketones (excluding diaryl/α,β-unsaturated/α-hetero) is 1. The Morgan fingerprint density at radius 1 is 1.22 bits per heavy atom. The van der Waals surface area contributed by atoms with Gasteiger partial charge in [0.1, 0.15) is 11.6 Å². The molecule has 0 radical (unpaired) electrons. The lowest BCUT2D eigenvalue weighted by molar-refractivity contribution is 0.101. The van der Waals surface area contributed by atoms with Crippen LogP contribution in [-0.4, -0.2) is 25.3 Å². The van der Waals surface area contributed by atoms with E-state index >= 15 is 0 Å². The summed E-state index contributed by atoms with van der Waals surface area (Å²) in [5, 5.41) is 2.06. The number of nitrogens with zero attached hydrogens (tertiary/aromatic N) is 2. The van der Waals surface area contributed by atoms with Crippen LogP contribution >= 0.6 is 0 Å². The van der Waals surface area contributed by atoms with E-state index in [-0.39, 0.29) is 5.78 Å². The van der Waals surface area contributed by atoms with E-state index in [0.717, 1.165) is 30.2 Å². The van der Waals surface area contributed by atoms with Crippen LogP contribution in [-0.2, 0) is 0 Å². The molecular weight excluding hydrogens is 290 g/mol. The van der Waals surface area contributed by atoms with Crippen molar-refractivity contribution in [3.8, 4) is 5.75 Å². The number of aliphatic imine (C=N–C) groups is 1. The number of methoxy groups -OCH3 is 1. The zero-order valence-corrected chi connectivity index (χ0v) is 13.2. The van der Waals surface area contributed by atoms with Gasteiger partial charge in [-0.1, -0.05) is 18.2 Å². The van der Waals surface area contributed by atoms with Gasteiger partial charge in [-0.25, -0.2) is 4.99 Å². The predicted octanol–water partition coefficient (Wildman–Crippen LogP) is 3.34. The van der Waals surface area contributed by atoms with E-state index in [2.05, 4.69) is 27.6 Å². The Morgan fingerprint density at radius 3 is 2.70 bits per heavy atom. The zero-order chi connectivity index (χ0) is 16.2. The highest BCUT2D eigenvalue weighted by Gasteiger charge is 2.17. The van der Waals surface area contributed by atoms with E-state index in [4.69, 9.17) is 4.74 Å². The number of nitrogens with one attached hydrogen (secondary N) is 1. The van der Waals surface area contributed by atoms with Gasteiger partial charge >= 0.3 is 0 Å². The molecule has 5 heteroatoms. The molecule has 0 aromatic heterocycles. The summed E-state index contributed by atoms with van der Waals surface area (Å²) in [4.78, 5) is 16.3. The fourth-order valence-electron chi connectivity index (χ4n) is 2.56. The Balaban J connectivity index is 1.80. The Bertz CT molecular complexity index is 741. The van der Waals surface area contributed by atoms with Gasteiger partial charge in [0.15, 0.2) is 5.78 Å². The van der Waals surface area contributed by atoms with Crippen molar-refractivity contribution in [1.82, 2.24) is 5.43 Å². The molecule has 3 rings (SSSR count). The first-order chi connectivity index (χ1) is 11.2. The van der Waals surface area contributed by atoms with Gasteiger partial charge in [-0.15, -0.1) is 0 Å². The molecule has 1 fully saturated rings. The molecule has 5 nitrogen and oxygen atoms in total. The minimum absolute atomic E-state index is 0.0332. The number of carbonyl (C=O) groups is 1. The molecule has 118 valence electrons. The summed E-state index contributed by atoms with van der Waals surface area (Å²) in [6, 6.07) is 15.5. The molecule has 1 N–H and O–H groups in total. The normalized spacial score (nSPS) is 15.6. The van der Waals surface area contributed by atoms with Gasteiger partial charge < -0.3 is 4.74 Å². The van der Waals surface area contributed by atoms with Crippen molar-refractivity contribution in [2.24, 2.45) is 4.99 Å². The fraction of sp³-hybridized carbons (Fsp3) is 0.222. The summed E-state index contributed by atoms with van der Waals surface area (Å²) < 4.78 is 5.21. The maximum Gasteiger partial charge on any atom is 0.163 e. The number of hydrazine groups is 1. The van der Waals surface area contributed by atoms with Crippen molar-refractivity contribution in [1.29, 1.82) is 0 Å². The molecule has 1 aliphatic heterocycles. The van der Waals surface area contributed by atoms with E-state index in [1.807, 2.05) is 24.3 Å². The minimum Gasteiger partial charge on any atom is -0.496 e. The highest BCUT2D eigenvalue weighted by molar-refractivity contribution is 5.98. The second-order valence-corrected chi connectivity index (χ2v) is 5.35. The maximum absolute atomic E-state index is 11.7. The van der Waals surface area contributed by atoms with Crippen LogP contribution in [0.3, 0.4) is 0 Å². The van der Waals surface area contributed by atoms with Gasteiger partial charge in [-0.2, -0.15) is 0 Å². The van der Waals surface area contributed by atoms with Crippen LogP contribution in [0.2, 0.25) is 0 Å². The molecule has 23 heavy (non-hydrogen) atoms. The van der Waals surface area contributed by atoms with Crippen molar-refractivity contribution in [2.45, 2.75) is 13.3 Å². The largest absolute Gasteiger partial charge is 0.496 e. The third kappa shape index (κ3) is 3.34. The van der Waals surface area contributed by atoms with Crippen LogP contribution in [0.1, 0.15) is 23.7 Å². The summed E-state index contributed by atoms with van der Waals surface area (Å²) in [5.74, 6) is 1.43. The highest BCUT2D eigenvalue weighted by atomic mass is 16.5. The van der Waals surface area contributed by atoms with Gasteiger partial charge in [-0.3, -0.25) is 15.2 Å². The number of hydrogen-bond acceptors (Lipinski definition) is 4. The van der Waals surface area contributed by atoms with Crippen LogP contribution in [0.25, 0.3) is 0 Å². The van der Waals surface area contributed by atoms with Crippen LogP contribution in [0.5, 0.6) is 5.75 Å². The first-order valence-corrected chi connectivity index (χ1v) is 7.53. The lowest BCUT2D eigenvalue weighted by Gasteiger charge is -2.17. The summed E-state index contributed by atoms with van der Waals surface area (Å²) in [7, 11) is 1.56. The third-order valence-corrected chi connectivity index (χ3v) is 3.73. The van der Waals surface area contributed by atoms with Crippen LogP contribution < -0.4 is 15.2 Å². The lowest BCUT2D eigenvalue weighted by Crippen LogP contribution is -2.32. The lowest BCUT2D eigenvalue weighted by atomic mass is 10.1. The SMILES string of the molecule is COc1ccc(N=C2CCN(c3ccccc3)N2)cc1C(C)=O. The predicted molar refractivity (Wildman–Crippen MR) is 91.6 cm³/mol. The standard InChI is InChI=1S/C18H19N3O2/c1-13(22)16-12-14(8-9-17(16)23-2)19-18-10-11-21(20-18)15-6-4-3-5-7-15/h3-9,12H,10-11H2,1-2H3,(H,19,20). The monoisotopic (exact) mass is 309 g/mol. The van der Waals surface area contributed by atoms with Gasteiger partial charge in [0.25, 0.3) is 0 Å². The number of ether oxygens (including phenoxy) is 1.